The number of carbonyl (C=O) groups is 5. The minimum atomic E-state index is -1.34. The maximum atomic E-state index is 14.8. The van der Waals surface area contributed by atoms with Crippen molar-refractivity contribution >= 4 is 41.0 Å². The standard InChI is InChI=1S/C34H27FN2O7/c1-34-24(30(40)37(33(34)44)19-7-3-2-4-8-19)16-23-21(28(34)17-10-13-26(38)25(35)15-17)11-12-22-27(23)31(41)36(29(22)39)20-9-5-6-18(14-20)32(42)43/h2-11,13-15,22-24,27-28,38H,12,16H2,1H3,(H,42,43). The van der Waals surface area contributed by atoms with Crippen molar-refractivity contribution in [2.75, 3.05) is 9.80 Å². The van der Waals surface area contributed by atoms with E-state index in [1.54, 1.807) is 37.3 Å². The highest BCUT2D eigenvalue weighted by atomic mass is 19.1. The van der Waals surface area contributed by atoms with Gasteiger partial charge in [0, 0.05) is 5.92 Å². The number of phenols is 1. The molecule has 4 amide bonds. The number of aromatic hydroxyl groups is 1. The Morgan fingerprint density at radius 1 is 0.864 bits per heavy atom. The quantitative estimate of drug-likeness (QED) is 0.332. The SMILES string of the molecule is CC12C(=O)N(c3ccccc3)C(=O)C1CC1C(=CCC3C(=O)N(c4cccc(C(=O)O)c4)C(=O)C31)C2c1ccc(O)c(F)c1. The van der Waals surface area contributed by atoms with Gasteiger partial charge in [0.2, 0.25) is 23.6 Å². The van der Waals surface area contributed by atoms with Crippen LogP contribution in [0.1, 0.15) is 41.6 Å². The Balaban J connectivity index is 1.36. The average molecular weight is 595 g/mol. The monoisotopic (exact) mass is 594 g/mol. The summed E-state index contributed by atoms with van der Waals surface area (Å²) < 4.78 is 14.8. The number of carbonyl (C=O) groups excluding carboxylic acids is 4. The first-order valence-corrected chi connectivity index (χ1v) is 14.4. The largest absolute Gasteiger partial charge is 0.505 e. The molecule has 2 aliphatic carbocycles. The molecule has 6 atom stereocenters. The number of hydrogen-bond acceptors (Lipinski definition) is 6. The molecule has 9 nitrogen and oxygen atoms in total. The molecule has 3 aromatic carbocycles. The Morgan fingerprint density at radius 2 is 1.59 bits per heavy atom. The van der Waals surface area contributed by atoms with Gasteiger partial charge < -0.3 is 10.2 Å². The van der Waals surface area contributed by atoms with Crippen LogP contribution < -0.4 is 9.80 Å². The van der Waals surface area contributed by atoms with Gasteiger partial charge in [-0.2, -0.15) is 0 Å². The second kappa shape index (κ2) is 9.70. The van der Waals surface area contributed by atoms with E-state index in [2.05, 4.69) is 0 Å². The second-order valence-electron chi connectivity index (χ2n) is 12.1. The Kier molecular flexibility index (Phi) is 6.11. The van der Waals surface area contributed by atoms with E-state index in [-0.39, 0.29) is 24.1 Å². The Bertz CT molecular complexity index is 1820. The van der Waals surface area contributed by atoms with Crippen LogP contribution >= 0.6 is 0 Å². The first-order chi connectivity index (χ1) is 21.0. The number of amides is 4. The zero-order valence-electron chi connectivity index (χ0n) is 23.5. The summed E-state index contributed by atoms with van der Waals surface area (Å²) >= 11 is 0. The zero-order chi connectivity index (χ0) is 31.1. The number of allylic oxidation sites excluding steroid dienone is 2. The smallest absolute Gasteiger partial charge is 0.335 e. The van der Waals surface area contributed by atoms with Crippen molar-refractivity contribution in [2.45, 2.75) is 25.7 Å². The summed E-state index contributed by atoms with van der Waals surface area (Å²) in [5.41, 5.74) is 0.188. The van der Waals surface area contributed by atoms with E-state index in [0.29, 0.717) is 16.8 Å². The summed E-state index contributed by atoms with van der Waals surface area (Å²) in [7, 11) is 0. The summed E-state index contributed by atoms with van der Waals surface area (Å²) in [5.74, 6) is -8.42. The van der Waals surface area contributed by atoms with E-state index in [1.807, 2.05) is 6.08 Å². The fourth-order valence-corrected chi connectivity index (χ4v) is 7.95. The third kappa shape index (κ3) is 3.73. The highest BCUT2D eigenvalue weighted by molar-refractivity contribution is 6.25. The molecule has 4 aliphatic rings. The van der Waals surface area contributed by atoms with Crippen LogP contribution in [0.2, 0.25) is 0 Å². The van der Waals surface area contributed by atoms with E-state index >= 15 is 0 Å². The van der Waals surface area contributed by atoms with Gasteiger partial charge in [-0.25, -0.2) is 14.1 Å². The van der Waals surface area contributed by atoms with Crippen LogP contribution in [0.25, 0.3) is 0 Å². The summed E-state index contributed by atoms with van der Waals surface area (Å²) in [6, 6.07) is 18.0. The summed E-state index contributed by atoms with van der Waals surface area (Å²) in [6.45, 7) is 1.70. The van der Waals surface area contributed by atoms with E-state index < -0.39 is 76.2 Å². The van der Waals surface area contributed by atoms with Crippen molar-refractivity contribution < 1.29 is 38.6 Å². The van der Waals surface area contributed by atoms with Crippen molar-refractivity contribution in [1.29, 1.82) is 0 Å². The topological polar surface area (TPSA) is 132 Å². The summed E-state index contributed by atoms with van der Waals surface area (Å²) in [6.07, 6.45) is 2.14. The number of anilines is 2. The van der Waals surface area contributed by atoms with Crippen LogP contribution in [0.3, 0.4) is 0 Å². The van der Waals surface area contributed by atoms with Gasteiger partial charge in [0.05, 0.1) is 40.1 Å². The lowest BCUT2D eigenvalue weighted by Crippen LogP contribution is -2.48. The Labute approximate surface area is 251 Å². The molecule has 0 aromatic heterocycles. The number of aromatic carboxylic acids is 1. The predicted molar refractivity (Wildman–Crippen MR) is 155 cm³/mol. The van der Waals surface area contributed by atoms with E-state index in [0.717, 1.165) is 15.9 Å². The van der Waals surface area contributed by atoms with E-state index in [1.165, 1.54) is 36.4 Å². The number of carboxylic acids is 1. The van der Waals surface area contributed by atoms with E-state index in [9.17, 15) is 38.6 Å². The number of carboxylic acid groups (broad SMARTS) is 1. The van der Waals surface area contributed by atoms with Gasteiger partial charge in [-0.3, -0.25) is 24.1 Å². The van der Waals surface area contributed by atoms with Crippen LogP contribution in [0.15, 0.2) is 84.4 Å². The molecule has 222 valence electrons. The van der Waals surface area contributed by atoms with E-state index in [4.69, 9.17) is 0 Å². The van der Waals surface area contributed by atoms with Crippen LogP contribution in [0, 0.1) is 34.9 Å². The number of phenolic OH excluding ortho intramolecular Hbond substituents is 1. The highest BCUT2D eigenvalue weighted by Crippen LogP contribution is 2.63. The molecule has 1 saturated carbocycles. The van der Waals surface area contributed by atoms with Gasteiger partial charge in [-0.1, -0.05) is 42.0 Å². The molecule has 3 aromatic rings. The molecule has 7 rings (SSSR count). The number of para-hydroxylation sites is 1. The number of fused-ring (bicyclic) bond motifs is 4. The summed E-state index contributed by atoms with van der Waals surface area (Å²) in [4.78, 5) is 70.0. The summed E-state index contributed by atoms with van der Waals surface area (Å²) in [5, 5.41) is 19.4. The lowest BCUT2D eigenvalue weighted by molar-refractivity contribution is -0.131. The maximum absolute atomic E-state index is 14.8. The lowest BCUT2D eigenvalue weighted by atomic mass is 9.51. The van der Waals surface area contributed by atoms with Gasteiger partial charge in [0.1, 0.15) is 0 Å². The predicted octanol–water partition coefficient (Wildman–Crippen LogP) is 4.66. The van der Waals surface area contributed by atoms with Crippen LogP contribution in [0.5, 0.6) is 5.75 Å². The normalized spacial score (nSPS) is 29.3. The van der Waals surface area contributed by atoms with Gasteiger partial charge >= 0.3 is 5.97 Å². The molecule has 0 radical (unpaired) electrons. The average Bonchev–Trinajstić information content (AvgIpc) is 3.38. The molecule has 2 saturated heterocycles. The molecule has 0 bridgehead atoms. The zero-order valence-corrected chi connectivity index (χ0v) is 23.5. The minimum Gasteiger partial charge on any atom is -0.505 e. The third-order valence-corrected chi connectivity index (χ3v) is 9.95. The highest BCUT2D eigenvalue weighted by Gasteiger charge is 2.67. The molecule has 2 N–H and O–H groups in total. The number of hydrogen-bond donors (Lipinski definition) is 2. The molecule has 0 spiro atoms. The third-order valence-electron chi connectivity index (χ3n) is 9.95. The van der Waals surface area contributed by atoms with Crippen LogP contribution in [-0.4, -0.2) is 39.8 Å². The molecular weight excluding hydrogens is 567 g/mol. The number of nitrogens with zero attached hydrogens (tertiary/aromatic N) is 2. The molecule has 3 fully saturated rings. The first kappa shape index (κ1) is 27.7. The molecule has 2 heterocycles. The number of benzene rings is 3. The molecule has 6 unspecified atom stereocenters. The Morgan fingerprint density at radius 3 is 2.30 bits per heavy atom. The van der Waals surface area contributed by atoms with Crippen molar-refractivity contribution in [3.63, 3.8) is 0 Å². The molecular formula is C34H27FN2O7. The second-order valence-corrected chi connectivity index (χ2v) is 12.1. The van der Waals surface area contributed by atoms with Gasteiger partial charge in [-0.15, -0.1) is 0 Å². The molecule has 2 aliphatic heterocycles. The number of halogens is 1. The molecule has 44 heavy (non-hydrogen) atoms. The van der Waals surface area contributed by atoms with Gasteiger partial charge in [0.15, 0.2) is 11.6 Å². The van der Waals surface area contributed by atoms with Gasteiger partial charge in [-0.05, 0) is 73.7 Å². The fraction of sp³-hybridized carbons (Fsp3) is 0.265. The molecule has 10 heteroatoms. The number of imide groups is 2. The van der Waals surface area contributed by atoms with Crippen LogP contribution in [0.4, 0.5) is 15.8 Å². The minimum absolute atomic E-state index is 0.0734. The first-order valence-electron chi connectivity index (χ1n) is 14.4. The van der Waals surface area contributed by atoms with Crippen molar-refractivity contribution in [3.05, 3.63) is 101 Å². The van der Waals surface area contributed by atoms with Crippen molar-refractivity contribution in [2.24, 2.45) is 29.1 Å². The lowest BCUT2D eigenvalue weighted by Gasteiger charge is -2.49. The van der Waals surface area contributed by atoms with Crippen molar-refractivity contribution in [1.82, 2.24) is 0 Å². The fourth-order valence-electron chi connectivity index (χ4n) is 7.95. The maximum Gasteiger partial charge on any atom is 0.335 e. The number of rotatable bonds is 4. The van der Waals surface area contributed by atoms with Crippen LogP contribution in [-0.2, 0) is 19.2 Å². The van der Waals surface area contributed by atoms with Gasteiger partial charge in [0.25, 0.3) is 0 Å². The van der Waals surface area contributed by atoms with Crippen molar-refractivity contribution in [3.8, 4) is 5.75 Å². The Hall–Kier alpha value is -5.12.